The van der Waals surface area contributed by atoms with E-state index < -0.39 is 0 Å². The maximum atomic E-state index is 12.1. The van der Waals surface area contributed by atoms with Crippen molar-refractivity contribution in [1.29, 1.82) is 0 Å². The number of ether oxygens (including phenoxy) is 1. The van der Waals surface area contributed by atoms with Gasteiger partial charge in [-0.05, 0) is 74.4 Å². The van der Waals surface area contributed by atoms with Crippen molar-refractivity contribution in [3.8, 4) is 5.69 Å². The summed E-state index contributed by atoms with van der Waals surface area (Å²) in [6.45, 7) is 7.30. The van der Waals surface area contributed by atoms with Crippen molar-refractivity contribution in [3.05, 3.63) is 82.9 Å². The standard InChI is InChI=1S/C26H30N4O2S/c1-5-6-14-29-24(23(28-26(29)33)22-12-7-8-13-27-22)21-15-17(2)30(18(21)3)20-11-9-10-19(16-20)25(31)32-4/h7-13,15-16,23-24H,5-6,14H2,1-4H3,(H,28,33). The van der Waals surface area contributed by atoms with Gasteiger partial charge in [0.2, 0.25) is 0 Å². The number of carbonyl (C=O) groups excluding carboxylic acids is 1. The summed E-state index contributed by atoms with van der Waals surface area (Å²) >= 11 is 5.77. The van der Waals surface area contributed by atoms with Crippen LogP contribution in [-0.2, 0) is 4.74 Å². The molecule has 0 spiro atoms. The highest BCUT2D eigenvalue weighted by Gasteiger charge is 2.41. The predicted octanol–water partition coefficient (Wildman–Crippen LogP) is 5.05. The van der Waals surface area contributed by atoms with Gasteiger partial charge in [0.1, 0.15) is 0 Å². The van der Waals surface area contributed by atoms with E-state index in [4.69, 9.17) is 17.0 Å². The summed E-state index contributed by atoms with van der Waals surface area (Å²) in [4.78, 5) is 19.0. The summed E-state index contributed by atoms with van der Waals surface area (Å²) in [5, 5.41) is 4.29. The zero-order chi connectivity index (χ0) is 23.5. The third-order valence-corrected chi connectivity index (χ3v) is 6.62. The van der Waals surface area contributed by atoms with Crippen LogP contribution in [0.3, 0.4) is 0 Å². The normalized spacial score (nSPS) is 17.8. The van der Waals surface area contributed by atoms with Crippen LogP contribution in [0.15, 0.2) is 54.7 Å². The second-order valence-electron chi connectivity index (χ2n) is 8.38. The van der Waals surface area contributed by atoms with Crippen molar-refractivity contribution < 1.29 is 9.53 Å². The lowest BCUT2D eigenvalue weighted by Crippen LogP contribution is -2.30. The van der Waals surface area contributed by atoms with Gasteiger partial charge in [-0.2, -0.15) is 0 Å². The molecule has 3 aromatic rings. The van der Waals surface area contributed by atoms with E-state index in [1.165, 1.54) is 12.7 Å². The molecule has 33 heavy (non-hydrogen) atoms. The van der Waals surface area contributed by atoms with Crippen LogP contribution in [-0.4, -0.2) is 39.2 Å². The number of aryl methyl sites for hydroxylation is 1. The molecule has 0 aliphatic carbocycles. The van der Waals surface area contributed by atoms with Crippen LogP contribution < -0.4 is 5.32 Å². The minimum absolute atomic E-state index is 0.0303. The van der Waals surface area contributed by atoms with Gasteiger partial charge < -0.3 is 19.5 Å². The summed E-state index contributed by atoms with van der Waals surface area (Å²) < 4.78 is 7.11. The number of hydrogen-bond acceptors (Lipinski definition) is 4. The van der Waals surface area contributed by atoms with Gasteiger partial charge in [0.25, 0.3) is 0 Å². The minimum atomic E-state index is -0.342. The number of hydrogen-bond donors (Lipinski definition) is 1. The highest BCUT2D eigenvalue weighted by atomic mass is 32.1. The zero-order valence-electron chi connectivity index (χ0n) is 19.5. The van der Waals surface area contributed by atoms with Crippen molar-refractivity contribution in [2.75, 3.05) is 13.7 Å². The number of methoxy groups -OCH3 is 1. The second kappa shape index (κ2) is 9.75. The van der Waals surface area contributed by atoms with Crippen molar-refractivity contribution in [2.24, 2.45) is 0 Å². The molecule has 1 N–H and O–H groups in total. The topological polar surface area (TPSA) is 59.4 Å². The highest BCUT2D eigenvalue weighted by molar-refractivity contribution is 7.80. The molecule has 0 radical (unpaired) electrons. The number of pyridine rings is 1. The third-order valence-electron chi connectivity index (χ3n) is 6.26. The molecule has 2 aromatic heterocycles. The number of esters is 1. The number of rotatable bonds is 7. The molecule has 1 saturated heterocycles. The molecule has 2 atom stereocenters. The fourth-order valence-corrected chi connectivity index (χ4v) is 5.02. The first-order valence-corrected chi connectivity index (χ1v) is 11.7. The molecule has 3 heterocycles. The number of aromatic nitrogens is 2. The predicted molar refractivity (Wildman–Crippen MR) is 134 cm³/mol. The molecule has 1 fully saturated rings. The Kier molecular flexibility index (Phi) is 6.79. The monoisotopic (exact) mass is 462 g/mol. The molecule has 0 bridgehead atoms. The lowest BCUT2D eigenvalue weighted by atomic mass is 9.96. The molecule has 172 valence electrons. The molecule has 6 nitrogen and oxygen atoms in total. The van der Waals surface area contributed by atoms with Crippen LogP contribution in [0.25, 0.3) is 5.69 Å². The fraction of sp³-hybridized carbons (Fsp3) is 0.346. The first-order valence-electron chi connectivity index (χ1n) is 11.3. The molecule has 0 saturated carbocycles. The van der Waals surface area contributed by atoms with Crippen LogP contribution in [0.4, 0.5) is 0 Å². The summed E-state index contributed by atoms with van der Waals surface area (Å²) in [6.07, 6.45) is 3.99. The van der Waals surface area contributed by atoms with E-state index in [-0.39, 0.29) is 18.1 Å². The van der Waals surface area contributed by atoms with Gasteiger partial charge in [-0.25, -0.2) is 4.79 Å². The zero-order valence-corrected chi connectivity index (χ0v) is 20.4. The van der Waals surface area contributed by atoms with E-state index in [0.717, 1.165) is 47.3 Å². The number of nitrogens with one attached hydrogen (secondary N) is 1. The van der Waals surface area contributed by atoms with Gasteiger partial charge in [-0.15, -0.1) is 0 Å². The van der Waals surface area contributed by atoms with E-state index >= 15 is 0 Å². The molecule has 0 amide bonds. The molecular weight excluding hydrogens is 432 g/mol. The molecule has 7 heteroatoms. The van der Waals surface area contributed by atoms with Crippen LogP contribution in [0.5, 0.6) is 0 Å². The highest BCUT2D eigenvalue weighted by Crippen LogP contribution is 2.41. The Morgan fingerprint density at radius 3 is 2.70 bits per heavy atom. The average molecular weight is 463 g/mol. The van der Waals surface area contributed by atoms with Gasteiger partial charge in [-0.3, -0.25) is 4.98 Å². The van der Waals surface area contributed by atoms with Gasteiger partial charge >= 0.3 is 5.97 Å². The third kappa shape index (κ3) is 4.37. The first-order chi connectivity index (χ1) is 16.0. The van der Waals surface area contributed by atoms with Crippen LogP contribution >= 0.6 is 12.2 Å². The molecular formula is C26H30N4O2S. The van der Waals surface area contributed by atoms with Gasteiger partial charge in [0.05, 0.1) is 30.5 Å². The van der Waals surface area contributed by atoms with Crippen LogP contribution in [0.2, 0.25) is 0 Å². The number of unbranched alkanes of at least 4 members (excludes halogenated alkanes) is 1. The van der Waals surface area contributed by atoms with Gasteiger partial charge in [0, 0.05) is 29.8 Å². The lowest BCUT2D eigenvalue weighted by Gasteiger charge is -2.28. The van der Waals surface area contributed by atoms with Gasteiger partial charge in [0.15, 0.2) is 5.11 Å². The van der Waals surface area contributed by atoms with E-state index in [0.29, 0.717) is 5.56 Å². The maximum absolute atomic E-state index is 12.1. The largest absolute Gasteiger partial charge is 0.465 e. The fourth-order valence-electron chi connectivity index (χ4n) is 4.69. The Morgan fingerprint density at radius 1 is 1.18 bits per heavy atom. The van der Waals surface area contributed by atoms with Gasteiger partial charge in [-0.1, -0.05) is 25.5 Å². The van der Waals surface area contributed by atoms with E-state index in [2.05, 4.69) is 52.7 Å². The Morgan fingerprint density at radius 2 is 2.00 bits per heavy atom. The molecule has 4 rings (SSSR count). The molecule has 1 aliphatic heterocycles. The van der Waals surface area contributed by atoms with Crippen molar-refractivity contribution in [3.63, 3.8) is 0 Å². The second-order valence-corrected chi connectivity index (χ2v) is 8.76. The quantitative estimate of drug-likeness (QED) is 0.392. The van der Waals surface area contributed by atoms with Crippen LogP contribution in [0, 0.1) is 13.8 Å². The number of nitrogens with zero attached hydrogens (tertiary/aromatic N) is 3. The Balaban J connectivity index is 1.81. The summed E-state index contributed by atoms with van der Waals surface area (Å²) in [7, 11) is 1.40. The van der Waals surface area contributed by atoms with Crippen molar-refractivity contribution in [2.45, 2.75) is 45.7 Å². The molecule has 1 aromatic carbocycles. The minimum Gasteiger partial charge on any atom is -0.465 e. The summed E-state index contributed by atoms with van der Waals surface area (Å²) in [5.41, 5.74) is 5.85. The summed E-state index contributed by atoms with van der Waals surface area (Å²) in [6, 6.07) is 15.8. The smallest absolute Gasteiger partial charge is 0.337 e. The van der Waals surface area contributed by atoms with Crippen molar-refractivity contribution >= 4 is 23.3 Å². The molecule has 1 aliphatic rings. The van der Waals surface area contributed by atoms with E-state index in [1.807, 2.05) is 36.5 Å². The Hall–Kier alpha value is -3.19. The van der Waals surface area contributed by atoms with E-state index in [1.54, 1.807) is 6.07 Å². The number of thiocarbonyl (C=S) groups is 1. The number of benzene rings is 1. The van der Waals surface area contributed by atoms with Crippen molar-refractivity contribution in [1.82, 2.24) is 19.8 Å². The SMILES string of the molecule is CCCCN1C(=S)NC(c2ccccn2)C1c1cc(C)n(-c2cccc(C(=O)OC)c2)c1C. The maximum Gasteiger partial charge on any atom is 0.337 e. The number of carbonyl (C=O) groups is 1. The Bertz CT molecular complexity index is 1160. The average Bonchev–Trinajstić information content (AvgIpc) is 3.32. The lowest BCUT2D eigenvalue weighted by molar-refractivity contribution is 0.0600. The van der Waals surface area contributed by atoms with E-state index in [9.17, 15) is 4.79 Å². The van der Waals surface area contributed by atoms with Crippen LogP contribution in [0.1, 0.15) is 64.9 Å². The summed E-state index contributed by atoms with van der Waals surface area (Å²) in [5.74, 6) is -0.342. The molecule has 2 unspecified atom stereocenters. The first kappa shape index (κ1) is 23.0. The Labute approximate surface area is 200 Å².